The second-order valence-corrected chi connectivity index (χ2v) is 6.64. The zero-order valence-corrected chi connectivity index (χ0v) is 14.9. The van der Waals surface area contributed by atoms with Gasteiger partial charge in [0.25, 0.3) is 0 Å². The summed E-state index contributed by atoms with van der Waals surface area (Å²) in [4.78, 5) is 0. The van der Waals surface area contributed by atoms with Crippen LogP contribution in [0.2, 0.25) is 0 Å². The van der Waals surface area contributed by atoms with Crippen molar-refractivity contribution >= 4 is 0 Å². The van der Waals surface area contributed by atoms with Gasteiger partial charge in [0.2, 0.25) is 0 Å². The van der Waals surface area contributed by atoms with Gasteiger partial charge in [-0.2, -0.15) is 10.2 Å². The summed E-state index contributed by atoms with van der Waals surface area (Å²) >= 11 is 0. The average Bonchev–Trinajstić information content (AvgIpc) is 2.59. The molecular formula is C20H26N2O2. The Morgan fingerprint density at radius 2 is 0.958 bits per heavy atom. The number of hydrogen-bond acceptors (Lipinski definition) is 4. The number of rotatable bonds is 8. The summed E-state index contributed by atoms with van der Waals surface area (Å²) in [5.74, 6) is 0. The third kappa shape index (κ3) is 6.60. The van der Waals surface area contributed by atoms with Crippen molar-refractivity contribution in [2.75, 3.05) is 0 Å². The minimum Gasteiger partial charge on any atom is -0.348 e. The lowest BCUT2D eigenvalue weighted by Crippen LogP contribution is -2.25. The van der Waals surface area contributed by atoms with Gasteiger partial charge in [-0.3, -0.25) is 0 Å². The van der Waals surface area contributed by atoms with Crippen LogP contribution >= 0.6 is 0 Å². The number of azo groups is 1. The predicted octanol–water partition coefficient (Wildman–Crippen LogP) is 5.34. The predicted molar refractivity (Wildman–Crippen MR) is 95.5 cm³/mol. The molecule has 0 fully saturated rings. The number of nitrogens with zero attached hydrogens (tertiary/aromatic N) is 2. The van der Waals surface area contributed by atoms with Crippen molar-refractivity contribution in [3.8, 4) is 0 Å². The van der Waals surface area contributed by atoms with Crippen molar-refractivity contribution in [3.63, 3.8) is 0 Å². The lowest BCUT2D eigenvalue weighted by atomic mass is 10.2. The Morgan fingerprint density at radius 1 is 0.625 bits per heavy atom. The molecular weight excluding hydrogens is 300 g/mol. The summed E-state index contributed by atoms with van der Waals surface area (Å²) in [6.45, 7) is 8.58. The largest absolute Gasteiger partial charge is 0.348 e. The van der Waals surface area contributed by atoms with E-state index in [9.17, 15) is 0 Å². The molecule has 4 nitrogen and oxygen atoms in total. The van der Waals surface area contributed by atoms with Gasteiger partial charge in [-0.25, -0.2) is 0 Å². The first kappa shape index (κ1) is 18.3. The fourth-order valence-electron chi connectivity index (χ4n) is 1.97. The van der Waals surface area contributed by atoms with Crippen LogP contribution in [0.4, 0.5) is 0 Å². The van der Waals surface area contributed by atoms with Crippen LogP contribution in [0.3, 0.4) is 0 Å². The first-order valence-corrected chi connectivity index (χ1v) is 8.16. The SMILES string of the molecule is CC(C)(N=NC(C)(C)OCc1ccccc1)OCc1ccccc1. The highest BCUT2D eigenvalue weighted by Gasteiger charge is 2.22. The second kappa shape index (κ2) is 8.18. The van der Waals surface area contributed by atoms with E-state index >= 15 is 0 Å². The number of ether oxygens (including phenoxy) is 2. The van der Waals surface area contributed by atoms with Gasteiger partial charge in [0.05, 0.1) is 13.2 Å². The first-order valence-electron chi connectivity index (χ1n) is 8.16. The molecule has 24 heavy (non-hydrogen) atoms. The highest BCUT2D eigenvalue weighted by Crippen LogP contribution is 2.20. The van der Waals surface area contributed by atoms with E-state index in [-0.39, 0.29) is 0 Å². The molecule has 0 bridgehead atoms. The van der Waals surface area contributed by atoms with Crippen molar-refractivity contribution in [1.29, 1.82) is 0 Å². The van der Waals surface area contributed by atoms with Crippen LogP contribution in [0.15, 0.2) is 70.9 Å². The lowest BCUT2D eigenvalue weighted by Gasteiger charge is -2.24. The van der Waals surface area contributed by atoms with Crippen LogP contribution in [0, 0.1) is 0 Å². The normalized spacial score (nSPS) is 12.7. The molecule has 0 aliphatic rings. The smallest absolute Gasteiger partial charge is 0.173 e. The maximum atomic E-state index is 5.86. The minimum absolute atomic E-state index is 0.498. The molecule has 4 heteroatoms. The number of benzene rings is 2. The quantitative estimate of drug-likeness (QED) is 0.614. The van der Waals surface area contributed by atoms with Gasteiger partial charge in [-0.1, -0.05) is 60.7 Å². The Kier molecular flexibility index (Phi) is 6.23. The van der Waals surface area contributed by atoms with Gasteiger partial charge in [-0.15, -0.1) is 0 Å². The Bertz CT molecular complexity index is 580. The van der Waals surface area contributed by atoms with E-state index in [1.807, 2.05) is 88.4 Å². The fourth-order valence-corrected chi connectivity index (χ4v) is 1.97. The van der Waals surface area contributed by atoms with Crippen LogP contribution in [-0.4, -0.2) is 11.4 Å². The Balaban J connectivity index is 1.86. The summed E-state index contributed by atoms with van der Waals surface area (Å²) in [6, 6.07) is 20.1. The van der Waals surface area contributed by atoms with E-state index < -0.39 is 11.4 Å². The topological polar surface area (TPSA) is 43.2 Å². The molecule has 0 radical (unpaired) electrons. The van der Waals surface area contributed by atoms with Gasteiger partial charge in [-0.05, 0) is 38.8 Å². The van der Waals surface area contributed by atoms with Crippen LogP contribution in [-0.2, 0) is 22.7 Å². The van der Waals surface area contributed by atoms with Crippen molar-refractivity contribution < 1.29 is 9.47 Å². The summed E-state index contributed by atoms with van der Waals surface area (Å²) in [5, 5.41) is 8.67. The molecule has 0 spiro atoms. The molecule has 0 saturated heterocycles. The van der Waals surface area contributed by atoms with E-state index in [0.717, 1.165) is 11.1 Å². The molecule has 128 valence electrons. The average molecular weight is 326 g/mol. The molecule has 2 aromatic carbocycles. The molecule has 0 aliphatic carbocycles. The summed E-state index contributed by atoms with van der Waals surface area (Å²) in [6.07, 6.45) is 0. The Hall–Kier alpha value is -2.04. The summed E-state index contributed by atoms with van der Waals surface area (Å²) in [5.41, 5.74) is 0.813. The van der Waals surface area contributed by atoms with Gasteiger partial charge in [0, 0.05) is 0 Å². The Labute approximate surface area is 144 Å². The zero-order chi connectivity index (χ0) is 17.5. The molecule has 2 rings (SSSR count). The van der Waals surface area contributed by atoms with Gasteiger partial charge in [0.1, 0.15) is 0 Å². The maximum Gasteiger partial charge on any atom is 0.173 e. The highest BCUT2D eigenvalue weighted by molar-refractivity contribution is 5.14. The van der Waals surface area contributed by atoms with Crippen LogP contribution in [0.1, 0.15) is 38.8 Å². The molecule has 0 unspecified atom stereocenters. The molecule has 0 aromatic heterocycles. The second-order valence-electron chi connectivity index (χ2n) is 6.64. The number of hydrogen-bond donors (Lipinski definition) is 0. The molecule has 0 heterocycles. The van der Waals surface area contributed by atoms with Gasteiger partial charge in [0.15, 0.2) is 11.4 Å². The highest BCUT2D eigenvalue weighted by atomic mass is 16.5. The van der Waals surface area contributed by atoms with Gasteiger partial charge >= 0.3 is 0 Å². The first-order chi connectivity index (χ1) is 11.4. The minimum atomic E-state index is -0.705. The van der Waals surface area contributed by atoms with Crippen LogP contribution in [0.5, 0.6) is 0 Å². The van der Waals surface area contributed by atoms with Crippen molar-refractivity contribution in [1.82, 2.24) is 0 Å². The van der Waals surface area contributed by atoms with Crippen molar-refractivity contribution in [2.45, 2.75) is 52.4 Å². The van der Waals surface area contributed by atoms with E-state index in [1.54, 1.807) is 0 Å². The molecule has 0 amide bonds. The molecule has 0 atom stereocenters. The fraction of sp³-hybridized carbons (Fsp3) is 0.400. The maximum absolute atomic E-state index is 5.86. The summed E-state index contributed by atoms with van der Waals surface area (Å²) in [7, 11) is 0. The standard InChI is InChI=1S/C20H26N2O2/c1-19(2,23-15-17-11-7-5-8-12-17)21-22-20(3,4)24-16-18-13-9-6-10-14-18/h5-14H,15-16H2,1-4H3. The zero-order valence-electron chi connectivity index (χ0n) is 14.9. The van der Waals surface area contributed by atoms with E-state index in [2.05, 4.69) is 10.2 Å². The van der Waals surface area contributed by atoms with E-state index in [0.29, 0.717) is 13.2 Å². The van der Waals surface area contributed by atoms with E-state index in [4.69, 9.17) is 9.47 Å². The molecule has 0 aliphatic heterocycles. The van der Waals surface area contributed by atoms with Crippen LogP contribution < -0.4 is 0 Å². The van der Waals surface area contributed by atoms with Crippen molar-refractivity contribution in [2.24, 2.45) is 10.2 Å². The monoisotopic (exact) mass is 326 g/mol. The molecule has 2 aromatic rings. The summed E-state index contributed by atoms with van der Waals surface area (Å²) < 4.78 is 11.7. The van der Waals surface area contributed by atoms with Crippen LogP contribution in [0.25, 0.3) is 0 Å². The molecule has 0 saturated carbocycles. The third-order valence-corrected chi connectivity index (χ3v) is 3.40. The van der Waals surface area contributed by atoms with Gasteiger partial charge < -0.3 is 9.47 Å². The third-order valence-electron chi connectivity index (χ3n) is 3.40. The van der Waals surface area contributed by atoms with Crippen molar-refractivity contribution in [3.05, 3.63) is 71.8 Å². The Morgan fingerprint density at radius 3 is 1.29 bits per heavy atom. The van der Waals surface area contributed by atoms with E-state index in [1.165, 1.54) is 0 Å². The molecule has 0 N–H and O–H groups in total. The lowest BCUT2D eigenvalue weighted by molar-refractivity contribution is -0.0557.